The first-order chi connectivity index (χ1) is 10.7. The van der Waals surface area contributed by atoms with Gasteiger partial charge in [-0.15, -0.1) is 0 Å². The summed E-state index contributed by atoms with van der Waals surface area (Å²) in [5, 5.41) is 10.00. The lowest BCUT2D eigenvalue weighted by molar-refractivity contribution is 0.476. The monoisotopic (exact) mass is 302 g/mol. The summed E-state index contributed by atoms with van der Waals surface area (Å²) in [4.78, 5) is 12.0. The summed E-state index contributed by atoms with van der Waals surface area (Å²) in [7, 11) is 0. The largest absolute Gasteiger partial charge is 0.507 e. The lowest BCUT2D eigenvalue weighted by Gasteiger charge is -2.04. The van der Waals surface area contributed by atoms with Crippen LogP contribution in [-0.2, 0) is 6.42 Å². The lowest BCUT2D eigenvalue weighted by atomic mass is 10.1. The van der Waals surface area contributed by atoms with Crippen LogP contribution in [0.4, 0.5) is 0 Å². The van der Waals surface area contributed by atoms with Crippen molar-refractivity contribution in [2.24, 2.45) is 0 Å². The molecule has 1 heterocycles. The van der Waals surface area contributed by atoms with Gasteiger partial charge in [-0.25, -0.2) is 0 Å². The number of phenolic OH excluding ortho intramolecular Hbond substituents is 1. The Morgan fingerprint density at radius 3 is 2.41 bits per heavy atom. The summed E-state index contributed by atoms with van der Waals surface area (Å²) >= 11 is 0. The molecule has 0 atom stereocenters. The van der Waals surface area contributed by atoms with E-state index in [1.807, 2.05) is 0 Å². The van der Waals surface area contributed by atoms with E-state index in [1.165, 1.54) is 57.1 Å². The second kappa shape index (κ2) is 8.62. The highest BCUT2D eigenvalue weighted by Crippen LogP contribution is 2.22. The first-order valence-corrected chi connectivity index (χ1v) is 8.47. The van der Waals surface area contributed by atoms with Crippen molar-refractivity contribution >= 4 is 11.0 Å². The Balaban J connectivity index is 1.82. The quantitative estimate of drug-likeness (QED) is 0.649. The minimum absolute atomic E-state index is 0.00937. The fourth-order valence-electron chi connectivity index (χ4n) is 2.80. The van der Waals surface area contributed by atoms with Crippen LogP contribution in [0.1, 0.15) is 64.1 Å². The number of fused-ring (bicyclic) bond motifs is 1. The number of hydrogen-bond acceptors (Lipinski definition) is 3. The van der Waals surface area contributed by atoms with Gasteiger partial charge in [-0.3, -0.25) is 4.79 Å². The van der Waals surface area contributed by atoms with Gasteiger partial charge in [-0.05, 0) is 18.6 Å². The summed E-state index contributed by atoms with van der Waals surface area (Å²) < 4.78 is 5.72. The first kappa shape index (κ1) is 16.6. The number of unbranched alkanes of at least 4 members (excludes halogenated alkanes) is 7. The number of hydrogen-bond donors (Lipinski definition) is 1. The average Bonchev–Trinajstić information content (AvgIpc) is 2.50. The molecule has 0 aliphatic rings. The molecule has 0 fully saturated rings. The standard InChI is InChI=1S/C19H26O3/c1-2-3-4-5-6-7-8-9-11-15-14-17(21)19-16(20)12-10-13-18(19)22-15/h10,12-14,20H,2-9,11H2,1H3. The Bertz CT molecular complexity index is 643. The zero-order valence-corrected chi connectivity index (χ0v) is 13.4. The third kappa shape index (κ3) is 4.62. The molecular formula is C19H26O3. The number of aryl methyl sites for hydroxylation is 1. The summed E-state index contributed by atoms with van der Waals surface area (Å²) in [5.74, 6) is 0.707. The molecule has 0 radical (unpaired) electrons. The van der Waals surface area contributed by atoms with E-state index in [1.54, 1.807) is 12.1 Å². The van der Waals surface area contributed by atoms with E-state index < -0.39 is 0 Å². The molecule has 3 nitrogen and oxygen atoms in total. The smallest absolute Gasteiger partial charge is 0.196 e. The highest BCUT2D eigenvalue weighted by Gasteiger charge is 2.08. The molecule has 0 aliphatic heterocycles. The van der Waals surface area contributed by atoms with E-state index in [-0.39, 0.29) is 16.6 Å². The van der Waals surface area contributed by atoms with Crippen LogP contribution < -0.4 is 5.43 Å². The van der Waals surface area contributed by atoms with Crippen molar-refractivity contribution in [2.45, 2.75) is 64.7 Å². The molecule has 2 aromatic rings. The van der Waals surface area contributed by atoms with Crippen molar-refractivity contribution in [3.63, 3.8) is 0 Å². The molecule has 2 rings (SSSR count). The molecule has 0 amide bonds. The molecule has 1 aromatic heterocycles. The van der Waals surface area contributed by atoms with Gasteiger partial charge in [-0.2, -0.15) is 0 Å². The second-order valence-electron chi connectivity index (χ2n) is 5.95. The fraction of sp³-hybridized carbons (Fsp3) is 0.526. The van der Waals surface area contributed by atoms with Gasteiger partial charge in [0.2, 0.25) is 0 Å². The van der Waals surface area contributed by atoms with Crippen molar-refractivity contribution in [1.82, 2.24) is 0 Å². The average molecular weight is 302 g/mol. The molecule has 120 valence electrons. The molecule has 0 saturated carbocycles. The molecule has 0 spiro atoms. The molecule has 1 aromatic carbocycles. The van der Waals surface area contributed by atoms with Crippen LogP contribution >= 0.6 is 0 Å². The molecule has 0 bridgehead atoms. The maximum atomic E-state index is 12.0. The van der Waals surface area contributed by atoms with Crippen LogP contribution in [0.15, 0.2) is 33.5 Å². The SMILES string of the molecule is CCCCCCCCCCc1cc(=O)c2c(O)cccc2o1. The topological polar surface area (TPSA) is 50.4 Å². The predicted molar refractivity (Wildman–Crippen MR) is 90.5 cm³/mol. The Hall–Kier alpha value is -1.77. The fourth-order valence-corrected chi connectivity index (χ4v) is 2.80. The van der Waals surface area contributed by atoms with Gasteiger partial charge < -0.3 is 9.52 Å². The lowest BCUT2D eigenvalue weighted by Crippen LogP contribution is -2.02. The van der Waals surface area contributed by atoms with E-state index in [9.17, 15) is 9.90 Å². The van der Waals surface area contributed by atoms with Crippen molar-refractivity contribution in [1.29, 1.82) is 0 Å². The third-order valence-electron chi connectivity index (χ3n) is 4.06. The molecular weight excluding hydrogens is 276 g/mol. The van der Waals surface area contributed by atoms with Crippen LogP contribution in [0.5, 0.6) is 5.75 Å². The molecule has 3 heteroatoms. The van der Waals surface area contributed by atoms with Crippen LogP contribution in [0, 0.1) is 0 Å². The number of benzene rings is 1. The summed E-state index contributed by atoms with van der Waals surface area (Å²) in [6.45, 7) is 2.23. The zero-order valence-electron chi connectivity index (χ0n) is 13.4. The van der Waals surface area contributed by atoms with E-state index in [4.69, 9.17) is 4.42 Å². The normalized spacial score (nSPS) is 11.1. The maximum Gasteiger partial charge on any atom is 0.196 e. The van der Waals surface area contributed by atoms with Crippen LogP contribution in [0.3, 0.4) is 0 Å². The maximum absolute atomic E-state index is 12.0. The first-order valence-electron chi connectivity index (χ1n) is 8.47. The molecule has 0 saturated heterocycles. The van der Waals surface area contributed by atoms with Crippen molar-refractivity contribution in [3.8, 4) is 5.75 Å². The Morgan fingerprint density at radius 1 is 1.00 bits per heavy atom. The minimum atomic E-state index is -0.158. The zero-order chi connectivity index (χ0) is 15.8. The molecule has 1 N–H and O–H groups in total. The van der Waals surface area contributed by atoms with Gasteiger partial charge in [0.15, 0.2) is 5.43 Å². The summed E-state index contributed by atoms with van der Waals surface area (Å²) in [6, 6.07) is 6.45. The molecule has 0 aliphatic carbocycles. The number of aromatic hydroxyl groups is 1. The van der Waals surface area contributed by atoms with Crippen LogP contribution in [-0.4, -0.2) is 5.11 Å². The second-order valence-corrected chi connectivity index (χ2v) is 5.95. The van der Waals surface area contributed by atoms with Crippen molar-refractivity contribution in [2.75, 3.05) is 0 Å². The van der Waals surface area contributed by atoms with E-state index in [0.717, 1.165) is 12.8 Å². The van der Waals surface area contributed by atoms with Gasteiger partial charge in [0.1, 0.15) is 22.5 Å². The number of phenols is 1. The third-order valence-corrected chi connectivity index (χ3v) is 4.06. The summed E-state index contributed by atoms with van der Waals surface area (Å²) in [5.41, 5.74) is 0.316. The van der Waals surface area contributed by atoms with Gasteiger partial charge in [0, 0.05) is 12.5 Å². The highest BCUT2D eigenvalue weighted by molar-refractivity contribution is 5.82. The summed E-state index contributed by atoms with van der Waals surface area (Å²) in [6.07, 6.45) is 10.9. The van der Waals surface area contributed by atoms with Crippen molar-refractivity contribution < 1.29 is 9.52 Å². The van der Waals surface area contributed by atoms with E-state index in [0.29, 0.717) is 11.3 Å². The van der Waals surface area contributed by atoms with E-state index in [2.05, 4.69) is 6.92 Å². The van der Waals surface area contributed by atoms with Crippen molar-refractivity contribution in [3.05, 3.63) is 40.2 Å². The Kier molecular flexibility index (Phi) is 6.50. The predicted octanol–water partition coefficient (Wildman–Crippen LogP) is 5.18. The Labute approximate surface area is 132 Å². The molecule has 22 heavy (non-hydrogen) atoms. The highest BCUT2D eigenvalue weighted by atomic mass is 16.3. The minimum Gasteiger partial charge on any atom is -0.507 e. The van der Waals surface area contributed by atoms with Gasteiger partial charge in [0.25, 0.3) is 0 Å². The van der Waals surface area contributed by atoms with Gasteiger partial charge in [0.05, 0.1) is 0 Å². The van der Waals surface area contributed by atoms with Crippen LogP contribution in [0.2, 0.25) is 0 Å². The van der Waals surface area contributed by atoms with Gasteiger partial charge >= 0.3 is 0 Å². The van der Waals surface area contributed by atoms with Crippen LogP contribution in [0.25, 0.3) is 11.0 Å². The molecule has 0 unspecified atom stereocenters. The Morgan fingerprint density at radius 2 is 1.68 bits per heavy atom. The van der Waals surface area contributed by atoms with E-state index >= 15 is 0 Å². The number of rotatable bonds is 9. The van der Waals surface area contributed by atoms with Gasteiger partial charge in [-0.1, -0.05) is 57.9 Å².